The highest BCUT2D eigenvalue weighted by Gasteiger charge is 2.52. The molecule has 1 fully saturated rings. The summed E-state index contributed by atoms with van der Waals surface area (Å²) in [6, 6.07) is 13.3. The molecule has 2 N–H and O–H groups in total. The number of nitrogens with zero attached hydrogens (tertiary/aromatic N) is 3. The molecule has 192 valence electrons. The van der Waals surface area contributed by atoms with Gasteiger partial charge in [-0.15, -0.1) is 0 Å². The largest absolute Gasteiger partial charge is 0.370 e. The van der Waals surface area contributed by atoms with Crippen LogP contribution >= 0.6 is 11.6 Å². The van der Waals surface area contributed by atoms with Crippen LogP contribution in [0.4, 0.5) is 14.5 Å². The molecule has 1 aliphatic heterocycles. The molecule has 37 heavy (non-hydrogen) atoms. The van der Waals surface area contributed by atoms with Crippen LogP contribution in [0.3, 0.4) is 0 Å². The second kappa shape index (κ2) is 10.1. The van der Waals surface area contributed by atoms with E-state index in [1.807, 2.05) is 12.1 Å². The first-order valence-electron chi connectivity index (χ1n) is 12.1. The quantitative estimate of drug-likeness (QED) is 0.488. The molecule has 7 nitrogen and oxygen atoms in total. The van der Waals surface area contributed by atoms with E-state index in [4.69, 9.17) is 11.6 Å². The molecule has 2 amide bonds. The Balaban J connectivity index is 1.26. The molecule has 3 aromatic rings. The van der Waals surface area contributed by atoms with Crippen molar-refractivity contribution >= 4 is 29.1 Å². The number of para-hydroxylation sites is 1. The van der Waals surface area contributed by atoms with Gasteiger partial charge in [-0.2, -0.15) is 0 Å². The minimum atomic E-state index is -2.89. The summed E-state index contributed by atoms with van der Waals surface area (Å²) < 4.78 is 26.6. The van der Waals surface area contributed by atoms with Gasteiger partial charge in [-0.3, -0.25) is 19.6 Å². The summed E-state index contributed by atoms with van der Waals surface area (Å²) in [6.07, 6.45) is 2.44. The van der Waals surface area contributed by atoms with E-state index in [-0.39, 0.29) is 28.2 Å². The number of hydrogen-bond acceptors (Lipinski definition) is 5. The van der Waals surface area contributed by atoms with E-state index >= 15 is 0 Å². The van der Waals surface area contributed by atoms with Crippen LogP contribution < -0.4 is 10.2 Å². The van der Waals surface area contributed by atoms with Crippen LogP contribution in [0, 0.1) is 5.92 Å². The van der Waals surface area contributed by atoms with E-state index in [0.29, 0.717) is 43.5 Å². The van der Waals surface area contributed by atoms with Crippen molar-refractivity contribution in [1.82, 2.24) is 15.3 Å². The van der Waals surface area contributed by atoms with Crippen LogP contribution in [0.5, 0.6) is 0 Å². The summed E-state index contributed by atoms with van der Waals surface area (Å²) in [6.45, 7) is 0.416. The van der Waals surface area contributed by atoms with E-state index in [9.17, 15) is 23.5 Å². The minimum Gasteiger partial charge on any atom is -0.370 e. The third-order valence-corrected chi connectivity index (χ3v) is 7.34. The SMILES string of the molecule is O=C(N[C@H]1CC[C@H](CN2C(=O)C(O)(c3ccccn3)c3ccccc32)CC1)c1cc(Cl)cnc1C(F)F. The number of aromatic nitrogens is 2. The van der Waals surface area contributed by atoms with E-state index in [0.717, 1.165) is 6.20 Å². The van der Waals surface area contributed by atoms with Crippen LogP contribution in [-0.4, -0.2) is 39.5 Å². The van der Waals surface area contributed by atoms with Crippen molar-refractivity contribution in [2.24, 2.45) is 5.92 Å². The fourth-order valence-corrected chi connectivity index (χ4v) is 5.41. The molecule has 1 unspecified atom stereocenters. The van der Waals surface area contributed by atoms with Crippen molar-refractivity contribution in [2.75, 3.05) is 11.4 Å². The average Bonchev–Trinajstić information content (AvgIpc) is 3.12. The van der Waals surface area contributed by atoms with Crippen molar-refractivity contribution in [3.8, 4) is 0 Å². The Bertz CT molecular complexity index is 1320. The fraction of sp³-hybridized carbons (Fsp3) is 0.333. The molecular formula is C27H25ClF2N4O3. The van der Waals surface area contributed by atoms with Crippen LogP contribution in [0.1, 0.15) is 59.4 Å². The first kappa shape index (κ1) is 25.2. The zero-order valence-corrected chi connectivity index (χ0v) is 20.5. The summed E-state index contributed by atoms with van der Waals surface area (Å²) in [5.74, 6) is -0.922. The lowest BCUT2D eigenvalue weighted by atomic mass is 9.85. The van der Waals surface area contributed by atoms with Gasteiger partial charge in [0, 0.05) is 30.5 Å². The Morgan fingerprint density at radius 3 is 2.57 bits per heavy atom. The van der Waals surface area contributed by atoms with Gasteiger partial charge in [0.1, 0.15) is 5.69 Å². The van der Waals surface area contributed by atoms with Crippen LogP contribution in [0.2, 0.25) is 5.02 Å². The minimum absolute atomic E-state index is 0.111. The zero-order valence-electron chi connectivity index (χ0n) is 19.8. The molecular weight excluding hydrogens is 502 g/mol. The molecule has 1 atom stereocenters. The predicted molar refractivity (Wildman–Crippen MR) is 133 cm³/mol. The number of halogens is 3. The first-order valence-corrected chi connectivity index (χ1v) is 12.5. The standard InChI is InChI=1S/C27H25ClF2N4O3/c28-17-13-19(23(24(29)30)32-14-17)25(35)33-18-10-8-16(9-11-18)15-34-21-6-2-1-5-20(21)27(37,26(34)36)22-7-3-4-12-31-22/h1-7,12-14,16,18,24,37H,8-11,15H2,(H,33,35)/t16-,18-,27?. The Morgan fingerprint density at radius 2 is 1.86 bits per heavy atom. The molecule has 0 saturated heterocycles. The molecule has 0 radical (unpaired) electrons. The Morgan fingerprint density at radius 1 is 1.14 bits per heavy atom. The highest BCUT2D eigenvalue weighted by molar-refractivity contribution is 6.30. The maximum absolute atomic E-state index is 13.5. The maximum Gasteiger partial charge on any atom is 0.281 e. The van der Waals surface area contributed by atoms with E-state index < -0.39 is 29.5 Å². The van der Waals surface area contributed by atoms with E-state index in [1.165, 1.54) is 6.07 Å². The first-order chi connectivity index (χ1) is 17.8. The number of anilines is 1. The summed E-state index contributed by atoms with van der Waals surface area (Å²) >= 11 is 5.87. The number of nitrogens with one attached hydrogen (secondary N) is 1. The molecule has 2 aromatic heterocycles. The number of carbonyl (C=O) groups is 2. The number of hydrogen-bond donors (Lipinski definition) is 2. The van der Waals surface area contributed by atoms with Gasteiger partial charge in [0.2, 0.25) is 5.60 Å². The van der Waals surface area contributed by atoms with Crippen LogP contribution in [0.25, 0.3) is 0 Å². The molecule has 10 heteroatoms. The van der Waals surface area contributed by atoms with Gasteiger partial charge >= 0.3 is 0 Å². The smallest absolute Gasteiger partial charge is 0.281 e. The molecule has 0 spiro atoms. The van der Waals surface area contributed by atoms with Gasteiger partial charge in [0.05, 0.1) is 22.0 Å². The van der Waals surface area contributed by atoms with Gasteiger partial charge in [-0.05, 0) is 55.9 Å². The van der Waals surface area contributed by atoms with E-state index in [1.54, 1.807) is 41.4 Å². The van der Waals surface area contributed by atoms with Gasteiger partial charge in [-0.1, -0.05) is 35.9 Å². The third-order valence-electron chi connectivity index (χ3n) is 7.13. The Hall–Kier alpha value is -3.43. The predicted octanol–water partition coefficient (Wildman–Crippen LogP) is 4.64. The molecule has 5 rings (SSSR count). The third kappa shape index (κ3) is 4.69. The monoisotopic (exact) mass is 526 g/mol. The molecule has 2 aliphatic rings. The number of aliphatic hydroxyl groups is 1. The normalized spacial score (nSPS) is 23.3. The summed E-state index contributed by atoms with van der Waals surface area (Å²) in [5, 5.41) is 14.5. The molecule has 1 aliphatic carbocycles. The van der Waals surface area contributed by atoms with Gasteiger partial charge in [0.15, 0.2) is 0 Å². The number of fused-ring (bicyclic) bond motifs is 1. The molecule has 1 saturated carbocycles. The Kier molecular flexibility index (Phi) is 6.92. The highest BCUT2D eigenvalue weighted by atomic mass is 35.5. The summed E-state index contributed by atoms with van der Waals surface area (Å²) in [5.41, 5.74) is -1.23. The number of alkyl halides is 2. The lowest BCUT2D eigenvalue weighted by Crippen LogP contribution is -2.45. The molecule has 0 bridgehead atoms. The average molecular weight is 527 g/mol. The zero-order chi connectivity index (χ0) is 26.2. The number of amides is 2. The van der Waals surface area contributed by atoms with E-state index in [2.05, 4.69) is 15.3 Å². The van der Waals surface area contributed by atoms with Crippen LogP contribution in [-0.2, 0) is 10.4 Å². The van der Waals surface area contributed by atoms with Crippen molar-refractivity contribution in [2.45, 2.75) is 43.8 Å². The topological polar surface area (TPSA) is 95.4 Å². The summed E-state index contributed by atoms with van der Waals surface area (Å²) in [7, 11) is 0. The number of pyridine rings is 2. The number of rotatable bonds is 6. The number of benzene rings is 1. The lowest BCUT2D eigenvalue weighted by Gasteiger charge is -2.32. The lowest BCUT2D eigenvalue weighted by molar-refractivity contribution is -0.132. The second-order valence-electron chi connectivity index (χ2n) is 9.44. The second-order valence-corrected chi connectivity index (χ2v) is 9.87. The highest BCUT2D eigenvalue weighted by Crippen LogP contribution is 2.44. The van der Waals surface area contributed by atoms with Crippen molar-refractivity contribution in [3.05, 3.63) is 88.5 Å². The van der Waals surface area contributed by atoms with Crippen molar-refractivity contribution in [1.29, 1.82) is 0 Å². The number of carbonyl (C=O) groups excluding carboxylic acids is 2. The molecule has 1 aromatic carbocycles. The van der Waals surface area contributed by atoms with Crippen molar-refractivity contribution < 1.29 is 23.5 Å². The fourth-order valence-electron chi connectivity index (χ4n) is 5.26. The Labute approximate surface area is 217 Å². The van der Waals surface area contributed by atoms with Gasteiger partial charge in [-0.25, -0.2) is 8.78 Å². The maximum atomic E-state index is 13.5. The summed E-state index contributed by atoms with van der Waals surface area (Å²) in [4.78, 5) is 35.7. The van der Waals surface area contributed by atoms with Gasteiger partial charge < -0.3 is 15.3 Å². The molecule has 3 heterocycles. The van der Waals surface area contributed by atoms with Gasteiger partial charge in [0.25, 0.3) is 18.2 Å². The van der Waals surface area contributed by atoms with Crippen molar-refractivity contribution in [3.63, 3.8) is 0 Å². The van der Waals surface area contributed by atoms with Crippen LogP contribution in [0.15, 0.2) is 60.9 Å².